The molecule has 5 rings (SSSR count). The van der Waals surface area contributed by atoms with Crippen LogP contribution in [0.15, 0.2) is 30.6 Å². The highest BCUT2D eigenvalue weighted by Crippen LogP contribution is 2.36. The quantitative estimate of drug-likeness (QED) is 0.472. The minimum Gasteiger partial charge on any atom is -0.390 e. The fraction of sp³-hybridized carbons (Fsp3) is 0.455. The van der Waals surface area contributed by atoms with E-state index in [0.29, 0.717) is 29.4 Å². The van der Waals surface area contributed by atoms with Gasteiger partial charge in [-0.05, 0) is 37.0 Å². The third-order valence-corrected chi connectivity index (χ3v) is 6.45. The van der Waals surface area contributed by atoms with Crippen molar-refractivity contribution in [1.82, 2.24) is 25.1 Å². The van der Waals surface area contributed by atoms with Gasteiger partial charge in [-0.1, -0.05) is 12.1 Å². The zero-order chi connectivity index (χ0) is 23.1. The number of nitrogens with one attached hydrogen (secondary N) is 2. The number of carbonyl (C=O) groups is 1. The number of rotatable bonds is 4. The van der Waals surface area contributed by atoms with Crippen LogP contribution in [-0.2, 0) is 0 Å². The van der Waals surface area contributed by atoms with Crippen LogP contribution in [-0.4, -0.2) is 72.2 Å². The summed E-state index contributed by atoms with van der Waals surface area (Å²) in [5, 5.41) is 30.6. The number of halogens is 2. The lowest BCUT2D eigenvalue weighted by Crippen LogP contribution is -2.45. The minimum atomic E-state index is -1.25. The lowest BCUT2D eigenvalue weighted by molar-refractivity contribution is -0.0161. The van der Waals surface area contributed by atoms with E-state index in [-0.39, 0.29) is 24.5 Å². The van der Waals surface area contributed by atoms with Gasteiger partial charge in [0, 0.05) is 6.42 Å². The number of nitrogens with zero attached hydrogens (tertiary/aromatic N) is 4. The number of anilines is 1. The average Bonchev–Trinajstić information content (AvgIpc) is 3.41. The van der Waals surface area contributed by atoms with Gasteiger partial charge >= 0.3 is 0 Å². The van der Waals surface area contributed by atoms with Crippen molar-refractivity contribution >= 4 is 22.8 Å². The van der Waals surface area contributed by atoms with E-state index in [4.69, 9.17) is 0 Å². The fourth-order valence-corrected chi connectivity index (χ4v) is 4.79. The maximum absolute atomic E-state index is 14.4. The van der Waals surface area contributed by atoms with Gasteiger partial charge in [-0.25, -0.2) is 18.7 Å². The third-order valence-electron chi connectivity index (χ3n) is 6.45. The van der Waals surface area contributed by atoms with Gasteiger partial charge < -0.3 is 20.4 Å². The number of aromatic amines is 1. The Labute approximate surface area is 187 Å². The number of aliphatic hydroxyl groups excluding tert-OH is 2. The molecular weight excluding hydrogens is 434 g/mol. The summed E-state index contributed by atoms with van der Waals surface area (Å²) >= 11 is 0. The van der Waals surface area contributed by atoms with Gasteiger partial charge in [-0.3, -0.25) is 9.89 Å². The second-order valence-corrected chi connectivity index (χ2v) is 8.62. The van der Waals surface area contributed by atoms with E-state index >= 15 is 0 Å². The summed E-state index contributed by atoms with van der Waals surface area (Å²) < 4.78 is 28.2. The van der Waals surface area contributed by atoms with E-state index < -0.39 is 42.2 Å². The van der Waals surface area contributed by atoms with Crippen LogP contribution in [0.5, 0.6) is 0 Å². The maximum Gasteiger partial charge on any atom is 0.275 e. The lowest BCUT2D eigenvalue weighted by Gasteiger charge is -2.32. The molecule has 2 fully saturated rings. The zero-order valence-corrected chi connectivity index (χ0v) is 17.7. The second-order valence-electron chi connectivity index (χ2n) is 8.62. The van der Waals surface area contributed by atoms with Crippen molar-refractivity contribution in [3.63, 3.8) is 0 Å². The predicted octanol–water partition coefficient (Wildman–Crippen LogP) is 2.10. The first-order chi connectivity index (χ1) is 15.9. The van der Waals surface area contributed by atoms with Gasteiger partial charge in [0.2, 0.25) is 0 Å². The number of aliphatic hydroxyl groups is 2. The summed E-state index contributed by atoms with van der Waals surface area (Å²) in [7, 11) is 0. The first-order valence-electron chi connectivity index (χ1n) is 10.9. The Morgan fingerprint density at radius 2 is 2.09 bits per heavy atom. The number of hydrogen-bond acceptors (Lipinski definition) is 7. The van der Waals surface area contributed by atoms with Crippen LogP contribution in [0, 0.1) is 5.82 Å². The number of H-pyrrole nitrogens is 1. The van der Waals surface area contributed by atoms with E-state index in [1.54, 1.807) is 6.07 Å². The summed E-state index contributed by atoms with van der Waals surface area (Å²) in [5.41, 5.74) is 0.826. The van der Waals surface area contributed by atoms with Crippen LogP contribution in [0.25, 0.3) is 11.0 Å². The molecular formula is C22H24F2N6O3. The van der Waals surface area contributed by atoms with Gasteiger partial charge in [-0.2, -0.15) is 5.10 Å². The first-order valence-corrected chi connectivity index (χ1v) is 10.9. The highest BCUT2D eigenvalue weighted by atomic mass is 19.1. The molecule has 33 heavy (non-hydrogen) atoms. The van der Waals surface area contributed by atoms with Crippen molar-refractivity contribution in [2.75, 3.05) is 11.9 Å². The molecule has 1 saturated carbocycles. The molecule has 2 aliphatic rings. The van der Waals surface area contributed by atoms with Gasteiger partial charge in [0.1, 0.15) is 24.1 Å². The van der Waals surface area contributed by atoms with Crippen LogP contribution >= 0.6 is 0 Å². The van der Waals surface area contributed by atoms with Crippen LogP contribution in [0.1, 0.15) is 47.8 Å². The van der Waals surface area contributed by atoms with Crippen LogP contribution in [0.4, 0.5) is 14.6 Å². The summed E-state index contributed by atoms with van der Waals surface area (Å²) in [4.78, 5) is 23.2. The van der Waals surface area contributed by atoms with Crippen molar-refractivity contribution in [3.05, 3.63) is 47.7 Å². The molecule has 2 aromatic heterocycles. The Balaban J connectivity index is 1.49. The van der Waals surface area contributed by atoms with Crippen LogP contribution < -0.4 is 5.32 Å². The molecule has 3 aromatic rings. The minimum absolute atomic E-state index is 0.00875. The number of likely N-dealkylation sites (tertiary alicyclic amines) is 1. The number of amides is 1. The van der Waals surface area contributed by atoms with E-state index in [0.717, 1.165) is 6.42 Å². The number of hydrogen-bond donors (Lipinski definition) is 4. The molecule has 0 bridgehead atoms. The SMILES string of the molecule is O=C(c1n[nH]c2ncnc(N[C@@H]3CCC[C@@H](O)[C@H]3O)c12)N1C[C@@H](F)C[C@@H]1c1cccc(F)c1. The molecule has 4 N–H and O–H groups in total. The standard InChI is InChI=1S/C22H24F2N6O3/c23-12-4-1-3-11(7-12)15-8-13(24)9-30(15)22(33)18-17-20(25-10-26-21(17)29-28-18)27-14-5-2-6-16(31)19(14)32/h1,3-4,7,10,13-16,19,31-32H,2,5-6,8-9H2,(H2,25,26,27,28,29)/t13-,14+,15+,16+,19-/m0/s1. The molecule has 1 saturated heterocycles. The zero-order valence-electron chi connectivity index (χ0n) is 17.7. The smallest absolute Gasteiger partial charge is 0.275 e. The van der Waals surface area contributed by atoms with E-state index in [9.17, 15) is 23.8 Å². The highest BCUT2D eigenvalue weighted by Gasteiger charge is 2.39. The number of aromatic nitrogens is 4. The van der Waals surface area contributed by atoms with Crippen molar-refractivity contribution in [1.29, 1.82) is 0 Å². The second kappa shape index (κ2) is 8.64. The lowest BCUT2D eigenvalue weighted by atomic mass is 9.90. The third kappa shape index (κ3) is 4.02. The van der Waals surface area contributed by atoms with Crippen molar-refractivity contribution in [2.24, 2.45) is 0 Å². The van der Waals surface area contributed by atoms with E-state index in [1.807, 2.05) is 0 Å². The van der Waals surface area contributed by atoms with Crippen LogP contribution in [0.2, 0.25) is 0 Å². The number of fused-ring (bicyclic) bond motifs is 1. The molecule has 5 atom stereocenters. The number of carbonyl (C=O) groups excluding carboxylic acids is 1. The largest absolute Gasteiger partial charge is 0.390 e. The molecule has 3 heterocycles. The average molecular weight is 458 g/mol. The Bertz CT molecular complexity index is 1170. The molecule has 1 aliphatic heterocycles. The molecule has 174 valence electrons. The Hall–Kier alpha value is -3.18. The van der Waals surface area contributed by atoms with Crippen molar-refractivity contribution < 1.29 is 23.8 Å². The molecule has 1 aliphatic carbocycles. The van der Waals surface area contributed by atoms with Crippen molar-refractivity contribution in [2.45, 2.75) is 56.1 Å². The Kier molecular flexibility index (Phi) is 5.67. The van der Waals surface area contributed by atoms with Gasteiger partial charge in [0.05, 0.1) is 36.2 Å². The summed E-state index contributed by atoms with van der Waals surface area (Å²) in [6.07, 6.45) is 0.117. The van der Waals surface area contributed by atoms with E-state index in [2.05, 4.69) is 25.5 Å². The first kappa shape index (κ1) is 21.7. The molecule has 9 nitrogen and oxygen atoms in total. The van der Waals surface area contributed by atoms with Gasteiger partial charge in [0.25, 0.3) is 5.91 Å². The fourth-order valence-electron chi connectivity index (χ4n) is 4.79. The molecule has 1 aromatic carbocycles. The maximum atomic E-state index is 14.4. The summed E-state index contributed by atoms with van der Waals surface area (Å²) in [5.74, 6) is -0.702. The topological polar surface area (TPSA) is 127 Å². The van der Waals surface area contributed by atoms with Gasteiger partial charge in [-0.15, -0.1) is 0 Å². The Morgan fingerprint density at radius 3 is 2.91 bits per heavy atom. The molecule has 11 heteroatoms. The number of alkyl halides is 1. The van der Waals surface area contributed by atoms with Gasteiger partial charge in [0.15, 0.2) is 11.3 Å². The predicted molar refractivity (Wildman–Crippen MR) is 115 cm³/mol. The van der Waals surface area contributed by atoms with E-state index in [1.165, 1.54) is 29.4 Å². The van der Waals surface area contributed by atoms with Crippen molar-refractivity contribution in [3.8, 4) is 0 Å². The molecule has 1 amide bonds. The molecule has 0 radical (unpaired) electrons. The summed E-state index contributed by atoms with van der Waals surface area (Å²) in [6, 6.07) is 4.70. The monoisotopic (exact) mass is 458 g/mol. The van der Waals surface area contributed by atoms with Crippen LogP contribution in [0.3, 0.4) is 0 Å². The molecule has 0 unspecified atom stereocenters. The molecule has 0 spiro atoms. The normalized spacial score (nSPS) is 27.8. The highest BCUT2D eigenvalue weighted by molar-refractivity contribution is 6.07. The number of benzene rings is 1. The Morgan fingerprint density at radius 1 is 1.24 bits per heavy atom. The summed E-state index contributed by atoms with van der Waals surface area (Å²) in [6.45, 7) is -0.141.